The molecule has 0 fully saturated rings. The molecular weight excluding hydrogens is 210 g/mol. The highest BCUT2D eigenvalue weighted by Gasteiger charge is 2.21. The molecular formula is C15H23NO. The normalized spacial score (nSPS) is 14.2. The average Bonchev–Trinajstić information content (AvgIpc) is 2.36. The van der Waals surface area contributed by atoms with Crippen LogP contribution in [0.4, 0.5) is 0 Å². The van der Waals surface area contributed by atoms with Gasteiger partial charge in [0.1, 0.15) is 0 Å². The minimum Gasteiger partial charge on any atom is -0.339 e. The van der Waals surface area contributed by atoms with Gasteiger partial charge >= 0.3 is 0 Å². The van der Waals surface area contributed by atoms with E-state index in [2.05, 4.69) is 38.1 Å². The summed E-state index contributed by atoms with van der Waals surface area (Å²) in [6.07, 6.45) is 0.893. The van der Waals surface area contributed by atoms with Gasteiger partial charge in [-0.05, 0) is 25.8 Å². The lowest BCUT2D eigenvalue weighted by Crippen LogP contribution is -2.33. The van der Waals surface area contributed by atoms with Crippen molar-refractivity contribution < 1.29 is 4.79 Å². The number of amides is 1. The van der Waals surface area contributed by atoms with Crippen molar-refractivity contribution in [2.24, 2.45) is 5.92 Å². The van der Waals surface area contributed by atoms with Gasteiger partial charge in [-0.3, -0.25) is 4.79 Å². The molecule has 0 N–H and O–H groups in total. The Bertz CT molecular complexity index is 369. The Balaban J connectivity index is 2.79. The van der Waals surface area contributed by atoms with Crippen molar-refractivity contribution in [2.75, 3.05) is 7.05 Å². The summed E-state index contributed by atoms with van der Waals surface area (Å²) in [4.78, 5) is 13.9. The van der Waals surface area contributed by atoms with Gasteiger partial charge in [0.25, 0.3) is 0 Å². The van der Waals surface area contributed by atoms with Crippen LogP contribution in [-0.4, -0.2) is 17.9 Å². The van der Waals surface area contributed by atoms with Crippen molar-refractivity contribution in [1.29, 1.82) is 0 Å². The molecule has 94 valence electrons. The van der Waals surface area contributed by atoms with E-state index in [9.17, 15) is 4.79 Å². The summed E-state index contributed by atoms with van der Waals surface area (Å²) in [7, 11) is 1.89. The molecule has 0 saturated carbocycles. The van der Waals surface area contributed by atoms with E-state index in [1.165, 1.54) is 11.1 Å². The number of carbonyl (C=O) groups is 1. The number of nitrogens with zero attached hydrogens (tertiary/aromatic N) is 1. The highest BCUT2D eigenvalue weighted by atomic mass is 16.2. The lowest BCUT2D eigenvalue weighted by atomic mass is 10.0. The van der Waals surface area contributed by atoms with Crippen molar-refractivity contribution >= 4 is 5.91 Å². The summed E-state index contributed by atoms with van der Waals surface area (Å²) in [5.74, 6) is 0.327. The summed E-state index contributed by atoms with van der Waals surface area (Å²) in [5, 5.41) is 0. The quantitative estimate of drug-likeness (QED) is 0.778. The highest BCUT2D eigenvalue weighted by molar-refractivity contribution is 5.78. The molecule has 17 heavy (non-hydrogen) atoms. The van der Waals surface area contributed by atoms with Gasteiger partial charge in [0.15, 0.2) is 0 Å². The van der Waals surface area contributed by atoms with E-state index in [0.717, 1.165) is 6.42 Å². The average molecular weight is 233 g/mol. The monoisotopic (exact) mass is 233 g/mol. The minimum atomic E-state index is 0.105. The fourth-order valence-corrected chi connectivity index (χ4v) is 1.78. The van der Waals surface area contributed by atoms with E-state index in [4.69, 9.17) is 0 Å². The standard InChI is InChI=1S/C15H23NO/c1-6-12(3)15(17)16(5)13(4)14-9-7-11(2)8-10-14/h7-10,12-13H,6H2,1-5H3. The van der Waals surface area contributed by atoms with Gasteiger partial charge in [0.2, 0.25) is 5.91 Å². The summed E-state index contributed by atoms with van der Waals surface area (Å²) in [6, 6.07) is 8.51. The second kappa shape index (κ2) is 5.85. The Morgan fingerprint density at radius 2 is 1.76 bits per heavy atom. The first-order valence-corrected chi connectivity index (χ1v) is 6.30. The maximum Gasteiger partial charge on any atom is 0.225 e. The summed E-state index contributed by atoms with van der Waals surface area (Å²) < 4.78 is 0. The smallest absolute Gasteiger partial charge is 0.225 e. The third-order valence-electron chi connectivity index (χ3n) is 3.52. The third-order valence-corrected chi connectivity index (χ3v) is 3.52. The maximum atomic E-state index is 12.1. The lowest BCUT2D eigenvalue weighted by Gasteiger charge is -2.27. The molecule has 0 aliphatic heterocycles. The predicted octanol–water partition coefficient (Wildman–Crippen LogP) is 3.56. The molecule has 0 aliphatic carbocycles. The van der Waals surface area contributed by atoms with Gasteiger partial charge < -0.3 is 4.90 Å². The molecule has 1 aromatic carbocycles. The van der Waals surface area contributed by atoms with Gasteiger partial charge in [-0.15, -0.1) is 0 Å². The SMILES string of the molecule is CCC(C)C(=O)N(C)C(C)c1ccc(C)cc1. The molecule has 0 aliphatic rings. The minimum absolute atomic E-state index is 0.105. The fraction of sp³-hybridized carbons (Fsp3) is 0.533. The van der Waals surface area contributed by atoms with E-state index < -0.39 is 0 Å². The van der Waals surface area contributed by atoms with Crippen molar-refractivity contribution in [3.63, 3.8) is 0 Å². The van der Waals surface area contributed by atoms with E-state index in [-0.39, 0.29) is 17.9 Å². The molecule has 0 saturated heterocycles. The van der Waals surface area contributed by atoms with Crippen LogP contribution in [-0.2, 0) is 4.79 Å². The molecule has 1 aromatic rings. The molecule has 2 nitrogen and oxygen atoms in total. The van der Waals surface area contributed by atoms with Crippen LogP contribution < -0.4 is 0 Å². The largest absolute Gasteiger partial charge is 0.339 e. The molecule has 1 amide bonds. The number of rotatable bonds is 4. The van der Waals surface area contributed by atoms with Crippen molar-refractivity contribution in [3.05, 3.63) is 35.4 Å². The molecule has 0 spiro atoms. The molecule has 2 heteroatoms. The fourth-order valence-electron chi connectivity index (χ4n) is 1.78. The summed E-state index contributed by atoms with van der Waals surface area (Å²) >= 11 is 0. The van der Waals surface area contributed by atoms with Crippen LogP contribution in [0, 0.1) is 12.8 Å². The van der Waals surface area contributed by atoms with Crippen molar-refractivity contribution in [1.82, 2.24) is 4.90 Å². The van der Waals surface area contributed by atoms with Crippen LogP contribution in [0.3, 0.4) is 0 Å². The molecule has 0 aromatic heterocycles. The molecule has 0 heterocycles. The van der Waals surface area contributed by atoms with Gasteiger partial charge in [-0.25, -0.2) is 0 Å². The van der Waals surface area contributed by atoms with Crippen LogP contribution in [0.5, 0.6) is 0 Å². The number of benzene rings is 1. The molecule has 0 bridgehead atoms. The van der Waals surface area contributed by atoms with E-state index in [0.29, 0.717) is 0 Å². The first kappa shape index (κ1) is 13.8. The molecule has 0 radical (unpaired) electrons. The van der Waals surface area contributed by atoms with Crippen molar-refractivity contribution in [2.45, 2.75) is 40.2 Å². The first-order valence-electron chi connectivity index (χ1n) is 6.30. The Kier molecular flexibility index (Phi) is 4.73. The predicted molar refractivity (Wildman–Crippen MR) is 71.8 cm³/mol. The Hall–Kier alpha value is -1.31. The Morgan fingerprint density at radius 3 is 2.24 bits per heavy atom. The molecule has 1 rings (SSSR count). The second-order valence-corrected chi connectivity index (χ2v) is 4.85. The zero-order valence-corrected chi connectivity index (χ0v) is 11.5. The van der Waals surface area contributed by atoms with Gasteiger partial charge in [-0.2, -0.15) is 0 Å². The van der Waals surface area contributed by atoms with Gasteiger partial charge in [-0.1, -0.05) is 43.7 Å². The van der Waals surface area contributed by atoms with E-state index >= 15 is 0 Å². The van der Waals surface area contributed by atoms with E-state index in [1.807, 2.05) is 25.8 Å². The zero-order chi connectivity index (χ0) is 13.0. The van der Waals surface area contributed by atoms with Gasteiger partial charge in [0, 0.05) is 13.0 Å². The Labute approximate surface area is 105 Å². The molecule has 2 unspecified atom stereocenters. The number of aryl methyl sites for hydroxylation is 1. The van der Waals surface area contributed by atoms with Gasteiger partial charge in [0.05, 0.1) is 6.04 Å². The summed E-state index contributed by atoms with van der Waals surface area (Å²) in [5.41, 5.74) is 2.44. The number of carbonyl (C=O) groups excluding carboxylic acids is 1. The maximum absolute atomic E-state index is 12.1. The van der Waals surface area contributed by atoms with Crippen LogP contribution in [0.1, 0.15) is 44.4 Å². The van der Waals surface area contributed by atoms with Crippen LogP contribution >= 0.6 is 0 Å². The third kappa shape index (κ3) is 3.32. The van der Waals surface area contributed by atoms with Crippen LogP contribution in [0.25, 0.3) is 0 Å². The van der Waals surface area contributed by atoms with Crippen LogP contribution in [0.15, 0.2) is 24.3 Å². The van der Waals surface area contributed by atoms with E-state index in [1.54, 1.807) is 0 Å². The highest BCUT2D eigenvalue weighted by Crippen LogP contribution is 2.21. The second-order valence-electron chi connectivity index (χ2n) is 4.85. The summed E-state index contributed by atoms with van der Waals surface area (Å²) in [6.45, 7) is 8.18. The lowest BCUT2D eigenvalue weighted by molar-refractivity contribution is -0.135. The zero-order valence-electron chi connectivity index (χ0n) is 11.5. The number of hydrogen-bond acceptors (Lipinski definition) is 1. The topological polar surface area (TPSA) is 20.3 Å². The Morgan fingerprint density at radius 1 is 1.24 bits per heavy atom. The van der Waals surface area contributed by atoms with Crippen LogP contribution in [0.2, 0.25) is 0 Å². The van der Waals surface area contributed by atoms with Crippen molar-refractivity contribution in [3.8, 4) is 0 Å². The first-order chi connectivity index (χ1) is 7.97. The number of hydrogen-bond donors (Lipinski definition) is 0. The molecule has 2 atom stereocenters.